The largest absolute Gasteiger partial charge is 0.301 e. The molecule has 2 rings (SSSR count). The molecule has 0 spiro atoms. The number of rotatable bonds is 1. The molecule has 2 bridgehead atoms. The summed E-state index contributed by atoms with van der Waals surface area (Å²) < 4.78 is 0. The topological polar surface area (TPSA) is 41.3 Å². The van der Waals surface area contributed by atoms with Crippen LogP contribution >= 0.6 is 0 Å². The summed E-state index contributed by atoms with van der Waals surface area (Å²) in [7, 11) is 0. The monoisotopic (exact) mass is 127 g/mol. The van der Waals surface area contributed by atoms with Gasteiger partial charge in [0.05, 0.1) is 0 Å². The molecule has 0 aliphatic carbocycles. The number of nitrogens with zero attached hydrogens (tertiary/aromatic N) is 1. The predicted octanol–water partition coefficient (Wildman–Crippen LogP) is -0.846. The number of fused-ring (bicyclic) bond motifs is 2. The third-order valence-electron chi connectivity index (χ3n) is 2.55. The van der Waals surface area contributed by atoms with Gasteiger partial charge in [0.25, 0.3) is 0 Å². The van der Waals surface area contributed by atoms with E-state index in [0.717, 1.165) is 5.92 Å². The summed E-state index contributed by atoms with van der Waals surface area (Å²) in [5.74, 6) is 6.19. The number of nitrogens with one attached hydrogen (secondary N) is 1. The number of piperidine rings is 1. The van der Waals surface area contributed by atoms with E-state index in [1.165, 1.54) is 26.1 Å². The summed E-state index contributed by atoms with van der Waals surface area (Å²) in [6.45, 7) is 3.74. The first-order chi connectivity index (χ1) is 4.40. The Labute approximate surface area is 55.2 Å². The fourth-order valence-electron chi connectivity index (χ4n) is 1.97. The quantitative estimate of drug-likeness (QED) is 0.356. The highest BCUT2D eigenvalue weighted by molar-refractivity contribution is 4.93. The summed E-state index contributed by atoms with van der Waals surface area (Å²) >= 11 is 0. The Balaban J connectivity index is 2.01. The van der Waals surface area contributed by atoms with Crippen LogP contribution in [-0.4, -0.2) is 30.6 Å². The van der Waals surface area contributed by atoms with Crippen molar-refractivity contribution in [3.8, 4) is 0 Å². The summed E-state index contributed by atoms with van der Waals surface area (Å²) in [5.41, 5.74) is 2.85. The number of nitrogens with two attached hydrogens (primary N) is 1. The lowest BCUT2D eigenvalue weighted by atomic mass is 10.0. The Morgan fingerprint density at radius 1 is 1.44 bits per heavy atom. The van der Waals surface area contributed by atoms with Gasteiger partial charge in [0, 0.05) is 19.1 Å². The van der Waals surface area contributed by atoms with Crippen LogP contribution in [0.5, 0.6) is 0 Å². The highest BCUT2D eigenvalue weighted by atomic mass is 15.3. The first-order valence-electron chi connectivity index (χ1n) is 3.58. The predicted molar refractivity (Wildman–Crippen MR) is 35.7 cm³/mol. The van der Waals surface area contributed by atoms with E-state index in [4.69, 9.17) is 5.84 Å². The Morgan fingerprint density at radius 2 is 2.33 bits per heavy atom. The maximum Gasteiger partial charge on any atom is 0.0378 e. The molecule has 2 fully saturated rings. The van der Waals surface area contributed by atoms with Crippen molar-refractivity contribution in [3.63, 3.8) is 0 Å². The minimum Gasteiger partial charge on any atom is -0.301 e. The standard InChI is InChI=1S/C6H13N3/c7-8-6-4-9-2-1-5(6)3-9/h5-6,8H,1-4,7H2/t5-,6+/m0/s1. The smallest absolute Gasteiger partial charge is 0.0378 e. The Bertz CT molecular complexity index is 115. The SMILES string of the molecule is NN[C@@H]1CN2CC[C@H]1C2. The lowest BCUT2D eigenvalue weighted by molar-refractivity contribution is 0.318. The molecule has 3 atom stereocenters. The van der Waals surface area contributed by atoms with Crippen LogP contribution in [0.4, 0.5) is 0 Å². The molecule has 0 aromatic rings. The molecule has 0 radical (unpaired) electrons. The minimum atomic E-state index is 0.582. The van der Waals surface area contributed by atoms with Gasteiger partial charge < -0.3 is 4.90 Å². The third-order valence-corrected chi connectivity index (χ3v) is 2.55. The fraction of sp³-hybridized carbons (Fsp3) is 1.00. The Morgan fingerprint density at radius 3 is 2.67 bits per heavy atom. The van der Waals surface area contributed by atoms with Gasteiger partial charge in [-0.1, -0.05) is 0 Å². The van der Waals surface area contributed by atoms with Crippen molar-refractivity contribution in [2.75, 3.05) is 19.6 Å². The third kappa shape index (κ3) is 0.764. The van der Waals surface area contributed by atoms with E-state index >= 15 is 0 Å². The van der Waals surface area contributed by atoms with Crippen molar-refractivity contribution in [1.29, 1.82) is 0 Å². The van der Waals surface area contributed by atoms with Crippen molar-refractivity contribution in [2.24, 2.45) is 11.8 Å². The second kappa shape index (κ2) is 1.94. The summed E-state index contributed by atoms with van der Waals surface area (Å²) in [6.07, 6.45) is 1.34. The lowest BCUT2D eigenvalue weighted by Gasteiger charge is -2.20. The van der Waals surface area contributed by atoms with Crippen molar-refractivity contribution in [2.45, 2.75) is 12.5 Å². The minimum absolute atomic E-state index is 0.582. The molecule has 2 aliphatic rings. The molecule has 0 aromatic heterocycles. The summed E-state index contributed by atoms with van der Waals surface area (Å²) in [4.78, 5) is 2.47. The van der Waals surface area contributed by atoms with Crippen molar-refractivity contribution >= 4 is 0 Å². The van der Waals surface area contributed by atoms with Crippen molar-refractivity contribution in [3.05, 3.63) is 0 Å². The van der Waals surface area contributed by atoms with E-state index in [9.17, 15) is 0 Å². The maximum atomic E-state index is 5.34. The van der Waals surface area contributed by atoms with Gasteiger partial charge in [0.15, 0.2) is 0 Å². The van der Waals surface area contributed by atoms with Crippen LogP contribution < -0.4 is 11.3 Å². The molecule has 0 saturated carbocycles. The molecular weight excluding hydrogens is 114 g/mol. The molecule has 3 heteroatoms. The maximum absolute atomic E-state index is 5.34. The molecule has 0 aromatic carbocycles. The molecule has 2 heterocycles. The van der Waals surface area contributed by atoms with Crippen molar-refractivity contribution < 1.29 is 0 Å². The van der Waals surface area contributed by atoms with Gasteiger partial charge >= 0.3 is 0 Å². The van der Waals surface area contributed by atoms with E-state index < -0.39 is 0 Å². The van der Waals surface area contributed by atoms with Crippen LogP contribution in [0.3, 0.4) is 0 Å². The van der Waals surface area contributed by atoms with Gasteiger partial charge in [-0.3, -0.25) is 11.3 Å². The zero-order valence-corrected chi connectivity index (χ0v) is 5.51. The van der Waals surface area contributed by atoms with Gasteiger partial charge in [-0.05, 0) is 18.9 Å². The second-order valence-electron chi connectivity index (χ2n) is 3.08. The zero-order valence-electron chi connectivity index (χ0n) is 5.51. The zero-order chi connectivity index (χ0) is 6.27. The first kappa shape index (κ1) is 5.65. The van der Waals surface area contributed by atoms with Gasteiger partial charge in [0.2, 0.25) is 0 Å². The van der Waals surface area contributed by atoms with E-state index in [2.05, 4.69) is 10.3 Å². The van der Waals surface area contributed by atoms with Gasteiger partial charge in [-0.25, -0.2) is 0 Å². The Hall–Kier alpha value is -0.120. The molecular formula is C6H13N3. The van der Waals surface area contributed by atoms with Gasteiger partial charge in [0.1, 0.15) is 0 Å². The van der Waals surface area contributed by atoms with Crippen molar-refractivity contribution in [1.82, 2.24) is 10.3 Å². The molecule has 0 amide bonds. The number of hydrogen-bond acceptors (Lipinski definition) is 3. The van der Waals surface area contributed by atoms with Crippen LogP contribution in [0.15, 0.2) is 0 Å². The van der Waals surface area contributed by atoms with E-state index in [-0.39, 0.29) is 0 Å². The Kier molecular flexibility index (Phi) is 1.22. The summed E-state index contributed by atoms with van der Waals surface area (Å²) in [5, 5.41) is 0. The van der Waals surface area contributed by atoms with Crippen LogP contribution in [0.25, 0.3) is 0 Å². The average Bonchev–Trinajstić information content (AvgIpc) is 2.45. The average molecular weight is 127 g/mol. The first-order valence-corrected chi connectivity index (χ1v) is 3.58. The number of hydrogen-bond donors (Lipinski definition) is 2. The fourth-order valence-corrected chi connectivity index (χ4v) is 1.97. The molecule has 52 valence electrons. The highest BCUT2D eigenvalue weighted by Crippen LogP contribution is 2.26. The summed E-state index contributed by atoms with van der Waals surface area (Å²) in [6, 6.07) is 0.582. The van der Waals surface area contributed by atoms with Crippen LogP contribution in [0, 0.1) is 5.92 Å². The second-order valence-corrected chi connectivity index (χ2v) is 3.08. The number of hydrazine groups is 1. The lowest BCUT2D eigenvalue weighted by Crippen LogP contribution is -2.43. The molecule has 3 nitrogen and oxygen atoms in total. The van der Waals surface area contributed by atoms with Gasteiger partial charge in [-0.2, -0.15) is 0 Å². The van der Waals surface area contributed by atoms with E-state index in [1.54, 1.807) is 0 Å². The molecule has 2 aliphatic heterocycles. The van der Waals surface area contributed by atoms with Crippen LogP contribution in [0.1, 0.15) is 6.42 Å². The van der Waals surface area contributed by atoms with E-state index in [1.807, 2.05) is 0 Å². The molecule has 1 unspecified atom stereocenters. The van der Waals surface area contributed by atoms with E-state index in [0.29, 0.717) is 6.04 Å². The van der Waals surface area contributed by atoms with Crippen LogP contribution in [-0.2, 0) is 0 Å². The molecule has 3 N–H and O–H groups in total. The molecule has 9 heavy (non-hydrogen) atoms. The van der Waals surface area contributed by atoms with Crippen LogP contribution in [0.2, 0.25) is 0 Å². The van der Waals surface area contributed by atoms with Gasteiger partial charge in [-0.15, -0.1) is 0 Å². The highest BCUT2D eigenvalue weighted by Gasteiger charge is 2.36. The molecule has 2 saturated heterocycles. The normalized spacial score (nSPS) is 48.3.